The number of unbranched alkanes of at least 4 members (excludes halogenated alkanes) is 2. The Kier molecular flexibility index (Phi) is 9.25. The predicted octanol–water partition coefficient (Wildman–Crippen LogP) is 4.70. The first kappa shape index (κ1) is 19.6. The molecule has 2 rings (SSSR count). The minimum Gasteiger partial charge on any atom is -0.314 e. The summed E-state index contributed by atoms with van der Waals surface area (Å²) in [5, 5.41) is 3.37. The van der Waals surface area contributed by atoms with Gasteiger partial charge in [0.25, 0.3) is 0 Å². The van der Waals surface area contributed by atoms with Crippen LogP contribution >= 0.6 is 28.3 Å². The molecule has 0 aromatic heterocycles. The molecule has 0 aliphatic carbocycles. The summed E-state index contributed by atoms with van der Waals surface area (Å²) in [7, 11) is 0. The van der Waals surface area contributed by atoms with Crippen molar-refractivity contribution in [3.8, 4) is 0 Å². The van der Waals surface area contributed by atoms with Crippen LogP contribution in [0.2, 0.25) is 0 Å². The van der Waals surface area contributed by atoms with E-state index in [0.717, 1.165) is 61.9 Å². The van der Waals surface area contributed by atoms with Crippen molar-refractivity contribution in [3.05, 3.63) is 46.7 Å². The van der Waals surface area contributed by atoms with Gasteiger partial charge in [-0.3, -0.25) is 4.90 Å². The van der Waals surface area contributed by atoms with E-state index < -0.39 is 0 Å². The van der Waals surface area contributed by atoms with Crippen molar-refractivity contribution in [1.82, 2.24) is 10.2 Å². The highest BCUT2D eigenvalue weighted by Crippen LogP contribution is 2.34. The van der Waals surface area contributed by atoms with E-state index in [1.54, 1.807) is 12.1 Å². The first-order chi connectivity index (χ1) is 10.2. The van der Waals surface area contributed by atoms with E-state index in [1.165, 1.54) is 0 Å². The normalized spacial score (nSPS) is 16.8. The molecule has 124 valence electrons. The lowest BCUT2D eigenvalue weighted by Gasteiger charge is -2.36. The topological polar surface area (TPSA) is 15.3 Å². The molecule has 2 nitrogen and oxygen atoms in total. The highest BCUT2D eigenvalue weighted by atomic mass is 79.9. The van der Waals surface area contributed by atoms with Gasteiger partial charge in [-0.25, -0.2) is 4.39 Å². The minimum atomic E-state index is -0.100. The average Bonchev–Trinajstić information content (AvgIpc) is 2.50. The summed E-state index contributed by atoms with van der Waals surface area (Å²) in [6.07, 6.45) is 6.21. The van der Waals surface area contributed by atoms with Crippen molar-refractivity contribution in [3.63, 3.8) is 0 Å². The first-order valence-electron chi connectivity index (χ1n) is 7.73. The standard InChI is InChI=1S/C17H24BrFN2.ClH/c1-2-3-4-5-9-16(21-12-10-20-11-13-21)17-14(18)7-6-8-15(17)19;/h2,6-8,16,20H,1,3-5,9-13H2;1H/t16-;/m0./s1. The number of halogens is 3. The summed E-state index contributed by atoms with van der Waals surface area (Å²) in [6.45, 7) is 7.69. The molecule has 0 radical (unpaired) electrons. The van der Waals surface area contributed by atoms with Crippen LogP contribution in [0.1, 0.15) is 37.3 Å². The van der Waals surface area contributed by atoms with Gasteiger partial charge >= 0.3 is 0 Å². The third-order valence-electron chi connectivity index (χ3n) is 4.06. The summed E-state index contributed by atoms with van der Waals surface area (Å²) in [5.41, 5.74) is 0.818. The number of rotatable bonds is 7. The second-order valence-corrected chi connectivity index (χ2v) is 6.36. The monoisotopic (exact) mass is 390 g/mol. The number of nitrogens with one attached hydrogen (secondary N) is 1. The first-order valence-corrected chi connectivity index (χ1v) is 8.53. The molecule has 1 aromatic rings. The SMILES string of the molecule is C=CCCCC[C@@H](c1c(F)cccc1Br)N1CCNCC1.Cl. The number of benzene rings is 1. The van der Waals surface area contributed by atoms with E-state index in [9.17, 15) is 4.39 Å². The molecule has 0 unspecified atom stereocenters. The molecule has 0 saturated carbocycles. The van der Waals surface area contributed by atoms with Gasteiger partial charge in [0.05, 0.1) is 0 Å². The Balaban J connectivity index is 0.00000242. The summed E-state index contributed by atoms with van der Waals surface area (Å²) >= 11 is 3.54. The quantitative estimate of drug-likeness (QED) is 0.535. The van der Waals surface area contributed by atoms with Gasteiger partial charge in [-0.15, -0.1) is 19.0 Å². The Morgan fingerprint density at radius 1 is 1.32 bits per heavy atom. The van der Waals surface area contributed by atoms with Crippen LogP contribution in [-0.2, 0) is 0 Å². The van der Waals surface area contributed by atoms with E-state index in [1.807, 2.05) is 12.1 Å². The molecule has 0 bridgehead atoms. The zero-order valence-corrected chi connectivity index (χ0v) is 15.3. The van der Waals surface area contributed by atoms with Gasteiger partial charge in [-0.2, -0.15) is 0 Å². The largest absolute Gasteiger partial charge is 0.314 e. The van der Waals surface area contributed by atoms with E-state index >= 15 is 0 Å². The van der Waals surface area contributed by atoms with Gasteiger partial charge < -0.3 is 5.32 Å². The summed E-state index contributed by atoms with van der Waals surface area (Å²) in [5.74, 6) is -0.100. The molecule has 1 atom stereocenters. The molecule has 1 saturated heterocycles. The van der Waals surface area contributed by atoms with Crippen molar-refractivity contribution in [2.24, 2.45) is 0 Å². The maximum Gasteiger partial charge on any atom is 0.129 e. The van der Waals surface area contributed by atoms with E-state index in [0.29, 0.717) is 0 Å². The number of hydrogen-bond acceptors (Lipinski definition) is 2. The highest BCUT2D eigenvalue weighted by Gasteiger charge is 2.25. The van der Waals surface area contributed by atoms with Crippen LogP contribution in [0.4, 0.5) is 4.39 Å². The molecule has 0 spiro atoms. The molecule has 1 aliphatic heterocycles. The van der Waals surface area contributed by atoms with Gasteiger partial charge in [-0.1, -0.05) is 34.5 Å². The Morgan fingerprint density at radius 3 is 2.68 bits per heavy atom. The van der Waals surface area contributed by atoms with Crippen molar-refractivity contribution < 1.29 is 4.39 Å². The molecular weight excluding hydrogens is 367 g/mol. The smallest absolute Gasteiger partial charge is 0.129 e. The maximum absolute atomic E-state index is 14.3. The third-order valence-corrected chi connectivity index (χ3v) is 4.75. The van der Waals surface area contributed by atoms with Crippen LogP contribution in [0, 0.1) is 5.82 Å². The number of hydrogen-bond donors (Lipinski definition) is 1. The van der Waals surface area contributed by atoms with Crippen LogP contribution < -0.4 is 5.32 Å². The minimum absolute atomic E-state index is 0. The zero-order valence-electron chi connectivity index (χ0n) is 12.9. The molecular formula is C17H25BrClFN2. The zero-order chi connectivity index (χ0) is 15.1. The summed E-state index contributed by atoms with van der Waals surface area (Å²) < 4.78 is 15.2. The van der Waals surface area contributed by atoms with Crippen molar-refractivity contribution in [1.29, 1.82) is 0 Å². The second-order valence-electron chi connectivity index (χ2n) is 5.51. The van der Waals surface area contributed by atoms with Gasteiger partial charge in [0.2, 0.25) is 0 Å². The predicted molar refractivity (Wildman–Crippen MR) is 97.2 cm³/mol. The highest BCUT2D eigenvalue weighted by molar-refractivity contribution is 9.10. The Morgan fingerprint density at radius 2 is 2.05 bits per heavy atom. The lowest BCUT2D eigenvalue weighted by atomic mass is 9.97. The van der Waals surface area contributed by atoms with Crippen LogP contribution in [0.5, 0.6) is 0 Å². The molecule has 1 aliphatic rings. The second kappa shape index (κ2) is 10.4. The molecule has 0 amide bonds. The lowest BCUT2D eigenvalue weighted by molar-refractivity contribution is 0.159. The van der Waals surface area contributed by atoms with Crippen LogP contribution in [0.25, 0.3) is 0 Å². The fourth-order valence-corrected chi connectivity index (χ4v) is 3.56. The van der Waals surface area contributed by atoms with Crippen molar-refractivity contribution >= 4 is 28.3 Å². The molecule has 1 aromatic carbocycles. The van der Waals surface area contributed by atoms with Gasteiger partial charge in [0.15, 0.2) is 0 Å². The van der Waals surface area contributed by atoms with Gasteiger partial charge in [0.1, 0.15) is 5.82 Å². The van der Waals surface area contributed by atoms with E-state index in [-0.39, 0.29) is 24.3 Å². The lowest BCUT2D eigenvalue weighted by Crippen LogP contribution is -2.45. The van der Waals surface area contributed by atoms with Gasteiger partial charge in [-0.05, 0) is 31.4 Å². The van der Waals surface area contributed by atoms with Crippen LogP contribution in [0.3, 0.4) is 0 Å². The maximum atomic E-state index is 14.3. The van der Waals surface area contributed by atoms with Gasteiger partial charge in [0, 0.05) is 42.3 Å². The van der Waals surface area contributed by atoms with E-state index in [4.69, 9.17) is 0 Å². The average molecular weight is 392 g/mol. The van der Waals surface area contributed by atoms with Crippen LogP contribution in [0.15, 0.2) is 35.3 Å². The molecule has 22 heavy (non-hydrogen) atoms. The Hall–Kier alpha value is -0.420. The fraction of sp³-hybridized carbons (Fsp3) is 0.529. The molecule has 1 fully saturated rings. The summed E-state index contributed by atoms with van der Waals surface area (Å²) in [4.78, 5) is 2.41. The Labute approximate surface area is 147 Å². The van der Waals surface area contributed by atoms with Crippen LogP contribution in [-0.4, -0.2) is 31.1 Å². The summed E-state index contributed by atoms with van der Waals surface area (Å²) in [6, 6.07) is 5.43. The molecule has 1 N–H and O–H groups in total. The Bertz CT molecular complexity index is 444. The van der Waals surface area contributed by atoms with Crippen molar-refractivity contribution in [2.45, 2.75) is 31.7 Å². The third kappa shape index (κ3) is 5.34. The fourth-order valence-electron chi connectivity index (χ4n) is 2.96. The number of nitrogens with zero attached hydrogens (tertiary/aromatic N) is 1. The molecule has 5 heteroatoms. The number of allylic oxidation sites excluding steroid dienone is 1. The molecule has 1 heterocycles. The van der Waals surface area contributed by atoms with E-state index in [2.05, 4.69) is 32.7 Å². The number of piperazine rings is 1. The van der Waals surface area contributed by atoms with Crippen molar-refractivity contribution in [2.75, 3.05) is 26.2 Å².